The molecule has 30 heavy (non-hydrogen) atoms. The number of hydrogen-bond acceptors (Lipinski definition) is 9. The van der Waals surface area contributed by atoms with Crippen molar-refractivity contribution in [3.63, 3.8) is 0 Å². The van der Waals surface area contributed by atoms with Crippen LogP contribution in [0.4, 0.5) is 10.8 Å². The summed E-state index contributed by atoms with van der Waals surface area (Å²) in [5.74, 6) is -0.265. The number of amides is 1. The number of aromatic nitrogens is 1. The lowest BCUT2D eigenvalue weighted by Crippen LogP contribution is -2.42. The molecule has 1 atom stereocenters. The van der Waals surface area contributed by atoms with Crippen molar-refractivity contribution in [3.8, 4) is 5.75 Å². The van der Waals surface area contributed by atoms with E-state index in [0.717, 1.165) is 22.7 Å². The zero-order chi connectivity index (χ0) is 21.5. The highest BCUT2D eigenvalue weighted by Crippen LogP contribution is 2.36. The lowest BCUT2D eigenvalue weighted by molar-refractivity contribution is -0.384. The third-order valence-electron chi connectivity index (χ3n) is 4.67. The highest BCUT2D eigenvalue weighted by atomic mass is 32.2. The summed E-state index contributed by atoms with van der Waals surface area (Å²) >= 11 is 2.16. The van der Waals surface area contributed by atoms with E-state index in [2.05, 4.69) is 10.3 Å². The molecule has 158 valence electrons. The summed E-state index contributed by atoms with van der Waals surface area (Å²) in [5, 5.41) is 15.7. The minimum Gasteiger partial charge on any atom is -0.494 e. The minimum atomic E-state index is -3.75. The van der Waals surface area contributed by atoms with Crippen molar-refractivity contribution in [2.45, 2.75) is 23.1 Å². The minimum absolute atomic E-state index is 0.148. The summed E-state index contributed by atoms with van der Waals surface area (Å²) in [6.45, 7) is 0.262. The average Bonchev–Trinajstić information content (AvgIpc) is 3.46. The lowest BCUT2D eigenvalue weighted by Gasteiger charge is -2.22. The molecule has 1 amide bonds. The van der Waals surface area contributed by atoms with Gasteiger partial charge in [0.05, 0.1) is 22.8 Å². The standard InChI is InChI=1S/C17H16N4O6S3/c1-27-12-8-10(21(23)24)9-13-15(12)18-17(29-13)19-16(22)11-4-2-6-20(11)30(25,26)14-5-3-7-28-14/h3,5,7-9,11H,2,4,6H2,1H3,(H,18,19,22)/t11-/m1/s1. The van der Waals surface area contributed by atoms with E-state index in [-0.39, 0.29) is 27.3 Å². The number of ether oxygens (including phenoxy) is 1. The first-order chi connectivity index (χ1) is 14.3. The molecule has 13 heteroatoms. The maximum Gasteiger partial charge on any atom is 0.274 e. The molecular weight excluding hydrogens is 452 g/mol. The summed E-state index contributed by atoms with van der Waals surface area (Å²) in [4.78, 5) is 27.7. The van der Waals surface area contributed by atoms with Crippen LogP contribution in [-0.4, -0.2) is 48.2 Å². The molecule has 0 aliphatic carbocycles. The SMILES string of the molecule is COc1cc([N+](=O)[O-])cc2sc(NC(=O)[C@H]3CCCN3S(=O)(=O)c3cccs3)nc12. The van der Waals surface area contributed by atoms with Crippen molar-refractivity contribution in [2.75, 3.05) is 19.0 Å². The Kier molecular flexibility index (Phi) is 5.44. The molecule has 0 spiro atoms. The number of nitrogens with zero attached hydrogens (tertiary/aromatic N) is 3. The van der Waals surface area contributed by atoms with E-state index >= 15 is 0 Å². The van der Waals surface area contributed by atoms with Gasteiger partial charge in [0, 0.05) is 12.6 Å². The summed E-state index contributed by atoms with van der Waals surface area (Å²) < 4.78 is 32.8. The van der Waals surface area contributed by atoms with Crippen LogP contribution in [0.1, 0.15) is 12.8 Å². The van der Waals surface area contributed by atoms with Gasteiger partial charge < -0.3 is 10.1 Å². The Bertz CT molecular complexity index is 1220. The van der Waals surface area contributed by atoms with Gasteiger partial charge in [-0.25, -0.2) is 13.4 Å². The molecule has 3 aromatic rings. The third kappa shape index (κ3) is 3.64. The number of thiazole rings is 1. The molecule has 4 rings (SSSR count). The van der Waals surface area contributed by atoms with Gasteiger partial charge in [0.1, 0.15) is 15.8 Å². The Balaban J connectivity index is 1.60. The van der Waals surface area contributed by atoms with E-state index in [9.17, 15) is 23.3 Å². The number of carbonyl (C=O) groups is 1. The van der Waals surface area contributed by atoms with Crippen LogP contribution in [0, 0.1) is 10.1 Å². The van der Waals surface area contributed by atoms with Crippen LogP contribution in [0.25, 0.3) is 10.2 Å². The van der Waals surface area contributed by atoms with Crippen LogP contribution in [0.5, 0.6) is 5.75 Å². The number of fused-ring (bicyclic) bond motifs is 1. The number of thiophene rings is 1. The van der Waals surface area contributed by atoms with Crippen molar-refractivity contribution >= 4 is 59.6 Å². The Labute approximate surface area is 179 Å². The molecule has 2 aromatic heterocycles. The monoisotopic (exact) mass is 468 g/mol. The van der Waals surface area contributed by atoms with Crippen LogP contribution in [-0.2, 0) is 14.8 Å². The van der Waals surface area contributed by atoms with Crippen LogP contribution in [0.15, 0.2) is 33.9 Å². The molecule has 0 radical (unpaired) electrons. The predicted molar refractivity (Wildman–Crippen MR) is 113 cm³/mol. The first-order valence-corrected chi connectivity index (χ1v) is 11.9. The van der Waals surface area contributed by atoms with Crippen molar-refractivity contribution < 1.29 is 22.9 Å². The normalized spacial score (nSPS) is 17.3. The third-order valence-corrected chi connectivity index (χ3v) is 8.87. The molecule has 0 bridgehead atoms. The van der Waals surface area contributed by atoms with Gasteiger partial charge in [-0.3, -0.25) is 14.9 Å². The van der Waals surface area contributed by atoms with Crippen LogP contribution >= 0.6 is 22.7 Å². The van der Waals surface area contributed by atoms with Gasteiger partial charge in [-0.05, 0) is 24.3 Å². The van der Waals surface area contributed by atoms with E-state index in [1.54, 1.807) is 11.4 Å². The van der Waals surface area contributed by atoms with Crippen LogP contribution < -0.4 is 10.1 Å². The highest BCUT2D eigenvalue weighted by molar-refractivity contribution is 7.91. The Morgan fingerprint density at radius 2 is 2.23 bits per heavy atom. The number of rotatable bonds is 6. The molecule has 1 N–H and O–H groups in total. The molecular formula is C17H16N4O6S3. The van der Waals surface area contributed by atoms with Crippen molar-refractivity contribution in [3.05, 3.63) is 39.8 Å². The Morgan fingerprint density at radius 1 is 1.43 bits per heavy atom. The molecule has 1 saturated heterocycles. The molecule has 3 heterocycles. The Hall–Kier alpha value is -2.61. The lowest BCUT2D eigenvalue weighted by atomic mass is 10.2. The summed E-state index contributed by atoms with van der Waals surface area (Å²) in [6, 6.07) is 4.94. The molecule has 0 saturated carbocycles. The quantitative estimate of drug-likeness (QED) is 0.434. The highest BCUT2D eigenvalue weighted by Gasteiger charge is 2.40. The molecule has 0 unspecified atom stereocenters. The van der Waals surface area contributed by atoms with E-state index in [4.69, 9.17) is 4.74 Å². The fraction of sp³-hybridized carbons (Fsp3) is 0.294. The number of nitro benzene ring substituents is 1. The summed E-state index contributed by atoms with van der Waals surface area (Å²) in [6.07, 6.45) is 0.971. The Morgan fingerprint density at radius 3 is 2.90 bits per heavy atom. The predicted octanol–water partition coefficient (Wildman–Crippen LogP) is 3.07. The second-order valence-electron chi connectivity index (χ2n) is 6.47. The maximum absolute atomic E-state index is 12.9. The average molecular weight is 469 g/mol. The van der Waals surface area contributed by atoms with E-state index < -0.39 is 26.9 Å². The number of carbonyl (C=O) groups excluding carboxylic acids is 1. The van der Waals surface area contributed by atoms with E-state index in [1.165, 1.54) is 29.6 Å². The molecule has 1 fully saturated rings. The van der Waals surface area contributed by atoms with Crippen LogP contribution in [0.3, 0.4) is 0 Å². The van der Waals surface area contributed by atoms with Crippen molar-refractivity contribution in [1.82, 2.24) is 9.29 Å². The summed E-state index contributed by atoms with van der Waals surface area (Å²) in [7, 11) is -2.38. The van der Waals surface area contributed by atoms with Gasteiger partial charge in [0.25, 0.3) is 15.7 Å². The molecule has 10 nitrogen and oxygen atoms in total. The van der Waals surface area contributed by atoms with Gasteiger partial charge in [-0.15, -0.1) is 11.3 Å². The number of nitro groups is 1. The number of hydrogen-bond donors (Lipinski definition) is 1. The topological polar surface area (TPSA) is 132 Å². The fourth-order valence-corrected chi connectivity index (χ4v) is 7.00. The van der Waals surface area contributed by atoms with E-state index in [0.29, 0.717) is 23.1 Å². The van der Waals surface area contributed by atoms with Gasteiger partial charge in [0.2, 0.25) is 5.91 Å². The molecule has 1 aliphatic heterocycles. The zero-order valence-electron chi connectivity index (χ0n) is 15.6. The zero-order valence-corrected chi connectivity index (χ0v) is 18.1. The number of sulfonamides is 1. The first kappa shape index (κ1) is 20.7. The number of nitrogens with one attached hydrogen (secondary N) is 1. The van der Waals surface area contributed by atoms with E-state index in [1.807, 2.05) is 0 Å². The number of anilines is 1. The van der Waals surface area contributed by atoms with Crippen molar-refractivity contribution in [1.29, 1.82) is 0 Å². The fourth-order valence-electron chi connectivity index (χ4n) is 3.30. The van der Waals surface area contributed by atoms with Crippen LogP contribution in [0.2, 0.25) is 0 Å². The summed E-state index contributed by atoms with van der Waals surface area (Å²) in [5.41, 5.74) is 0.239. The number of non-ortho nitro benzene ring substituents is 1. The van der Waals surface area contributed by atoms with Gasteiger partial charge in [0.15, 0.2) is 10.9 Å². The smallest absolute Gasteiger partial charge is 0.274 e. The van der Waals surface area contributed by atoms with Gasteiger partial charge >= 0.3 is 0 Å². The second kappa shape index (κ2) is 7.91. The van der Waals surface area contributed by atoms with Gasteiger partial charge in [-0.2, -0.15) is 4.31 Å². The number of methoxy groups -OCH3 is 1. The molecule has 1 aliphatic rings. The second-order valence-corrected chi connectivity index (χ2v) is 10.6. The molecule has 1 aromatic carbocycles. The van der Waals surface area contributed by atoms with Crippen molar-refractivity contribution in [2.24, 2.45) is 0 Å². The maximum atomic E-state index is 12.9. The number of benzene rings is 1. The largest absolute Gasteiger partial charge is 0.494 e. The van der Waals surface area contributed by atoms with Gasteiger partial charge in [-0.1, -0.05) is 17.4 Å². The first-order valence-electron chi connectivity index (χ1n) is 8.80.